The van der Waals surface area contributed by atoms with Crippen LogP contribution in [-0.4, -0.2) is 32.3 Å². The maximum Gasteiger partial charge on any atom is 0.0906 e. The van der Waals surface area contributed by atoms with Crippen LogP contribution in [0.3, 0.4) is 0 Å². The zero-order valence-electron chi connectivity index (χ0n) is 7.92. The van der Waals surface area contributed by atoms with Gasteiger partial charge in [0.25, 0.3) is 0 Å². The molecule has 13 heavy (non-hydrogen) atoms. The van der Waals surface area contributed by atoms with E-state index in [0.29, 0.717) is 18.9 Å². The van der Waals surface area contributed by atoms with E-state index in [1.165, 1.54) is 0 Å². The standard InChI is InChI=1S/C9H18N2O2/c10-9(11)2-1-4-12-6-8-3-5-13-7-8/h8H,1-7H2,(H3,10,11). The molecule has 4 heteroatoms. The Kier molecular flexibility index (Phi) is 4.78. The maximum atomic E-state index is 7.00. The van der Waals surface area contributed by atoms with E-state index >= 15 is 0 Å². The summed E-state index contributed by atoms with van der Waals surface area (Å²) < 4.78 is 10.7. The zero-order valence-corrected chi connectivity index (χ0v) is 7.92. The smallest absolute Gasteiger partial charge is 0.0906 e. The van der Waals surface area contributed by atoms with Gasteiger partial charge in [-0.05, 0) is 12.8 Å². The van der Waals surface area contributed by atoms with E-state index in [1.54, 1.807) is 0 Å². The second kappa shape index (κ2) is 5.94. The van der Waals surface area contributed by atoms with Gasteiger partial charge in [0.05, 0.1) is 19.0 Å². The van der Waals surface area contributed by atoms with Crippen LogP contribution in [0, 0.1) is 11.3 Å². The predicted octanol–water partition coefficient (Wildman–Crippen LogP) is 0.756. The summed E-state index contributed by atoms with van der Waals surface area (Å²) in [5, 5.41) is 7.00. The Hall–Kier alpha value is -0.610. The molecule has 3 N–H and O–H groups in total. The van der Waals surface area contributed by atoms with E-state index in [2.05, 4.69) is 0 Å². The second-order valence-electron chi connectivity index (χ2n) is 3.43. The lowest BCUT2D eigenvalue weighted by Gasteiger charge is -2.07. The van der Waals surface area contributed by atoms with Crippen LogP contribution in [0.5, 0.6) is 0 Å². The summed E-state index contributed by atoms with van der Waals surface area (Å²) in [7, 11) is 0. The molecule has 0 saturated carbocycles. The topological polar surface area (TPSA) is 68.3 Å². The molecule has 1 atom stereocenters. The highest BCUT2D eigenvalue weighted by atomic mass is 16.5. The molecular formula is C9H18N2O2. The summed E-state index contributed by atoms with van der Waals surface area (Å²) in [5.41, 5.74) is 5.20. The van der Waals surface area contributed by atoms with E-state index in [-0.39, 0.29) is 5.84 Å². The first kappa shape index (κ1) is 10.5. The van der Waals surface area contributed by atoms with Crippen LogP contribution in [0.4, 0.5) is 0 Å². The quantitative estimate of drug-likeness (QED) is 0.365. The molecule has 0 aliphatic carbocycles. The molecule has 0 spiro atoms. The van der Waals surface area contributed by atoms with Gasteiger partial charge in [0.1, 0.15) is 0 Å². The number of amidine groups is 1. The summed E-state index contributed by atoms with van der Waals surface area (Å²) in [6, 6.07) is 0. The highest BCUT2D eigenvalue weighted by Gasteiger charge is 2.14. The van der Waals surface area contributed by atoms with Crippen LogP contribution >= 0.6 is 0 Å². The van der Waals surface area contributed by atoms with Crippen molar-refractivity contribution in [1.29, 1.82) is 5.41 Å². The fourth-order valence-electron chi connectivity index (χ4n) is 1.33. The lowest BCUT2D eigenvalue weighted by molar-refractivity contribution is 0.0891. The highest BCUT2D eigenvalue weighted by molar-refractivity contribution is 5.76. The number of rotatable bonds is 6. The van der Waals surface area contributed by atoms with E-state index < -0.39 is 0 Å². The minimum Gasteiger partial charge on any atom is -0.388 e. The molecule has 1 aliphatic heterocycles. The average molecular weight is 186 g/mol. The molecule has 1 saturated heterocycles. The minimum atomic E-state index is 0.243. The Morgan fingerprint density at radius 1 is 1.62 bits per heavy atom. The number of nitrogens with two attached hydrogens (primary N) is 1. The lowest BCUT2D eigenvalue weighted by Crippen LogP contribution is -2.13. The second-order valence-corrected chi connectivity index (χ2v) is 3.43. The van der Waals surface area contributed by atoms with E-state index in [1.807, 2.05) is 0 Å². The molecule has 0 amide bonds. The predicted molar refractivity (Wildman–Crippen MR) is 50.9 cm³/mol. The van der Waals surface area contributed by atoms with Gasteiger partial charge >= 0.3 is 0 Å². The van der Waals surface area contributed by atoms with E-state index in [4.69, 9.17) is 20.6 Å². The number of nitrogens with one attached hydrogen (secondary N) is 1. The van der Waals surface area contributed by atoms with Crippen molar-refractivity contribution >= 4 is 5.84 Å². The third kappa shape index (κ3) is 4.85. The Labute approximate surface area is 78.9 Å². The Morgan fingerprint density at radius 2 is 2.46 bits per heavy atom. The largest absolute Gasteiger partial charge is 0.388 e. The third-order valence-corrected chi connectivity index (χ3v) is 2.11. The number of ether oxygens (including phenoxy) is 2. The molecule has 1 fully saturated rings. The average Bonchev–Trinajstić information content (AvgIpc) is 2.55. The molecule has 1 rings (SSSR count). The molecular weight excluding hydrogens is 168 g/mol. The van der Waals surface area contributed by atoms with Crippen molar-refractivity contribution in [3.05, 3.63) is 0 Å². The van der Waals surface area contributed by atoms with Crippen molar-refractivity contribution in [2.45, 2.75) is 19.3 Å². The van der Waals surface area contributed by atoms with Crippen molar-refractivity contribution in [3.63, 3.8) is 0 Å². The van der Waals surface area contributed by atoms with Crippen molar-refractivity contribution in [2.24, 2.45) is 11.7 Å². The molecule has 0 radical (unpaired) electrons. The van der Waals surface area contributed by atoms with Gasteiger partial charge in [-0.15, -0.1) is 0 Å². The van der Waals surface area contributed by atoms with Crippen molar-refractivity contribution < 1.29 is 9.47 Å². The van der Waals surface area contributed by atoms with Gasteiger partial charge in [-0.25, -0.2) is 0 Å². The first-order valence-corrected chi connectivity index (χ1v) is 4.77. The highest BCUT2D eigenvalue weighted by Crippen LogP contribution is 2.12. The molecule has 1 heterocycles. The van der Waals surface area contributed by atoms with E-state index in [0.717, 1.165) is 32.7 Å². The number of hydrogen-bond acceptors (Lipinski definition) is 3. The SMILES string of the molecule is N=C(N)CCCOCC1CCOC1. The summed E-state index contributed by atoms with van der Waals surface area (Å²) in [5.74, 6) is 0.824. The fraction of sp³-hybridized carbons (Fsp3) is 0.889. The van der Waals surface area contributed by atoms with Crippen LogP contribution in [-0.2, 0) is 9.47 Å². The molecule has 76 valence electrons. The van der Waals surface area contributed by atoms with Crippen LogP contribution in [0.25, 0.3) is 0 Å². The summed E-state index contributed by atoms with van der Waals surface area (Å²) >= 11 is 0. The van der Waals surface area contributed by atoms with E-state index in [9.17, 15) is 0 Å². The molecule has 1 unspecified atom stereocenters. The van der Waals surface area contributed by atoms with Gasteiger partial charge in [0.15, 0.2) is 0 Å². The Bertz CT molecular complexity index is 156. The van der Waals surface area contributed by atoms with Gasteiger partial charge in [0, 0.05) is 25.6 Å². The van der Waals surface area contributed by atoms with Crippen LogP contribution in [0.15, 0.2) is 0 Å². The lowest BCUT2D eigenvalue weighted by atomic mass is 10.1. The van der Waals surface area contributed by atoms with Crippen LogP contribution in [0.1, 0.15) is 19.3 Å². The van der Waals surface area contributed by atoms with Crippen molar-refractivity contribution in [3.8, 4) is 0 Å². The Morgan fingerprint density at radius 3 is 3.08 bits per heavy atom. The van der Waals surface area contributed by atoms with Crippen LogP contribution in [0.2, 0.25) is 0 Å². The van der Waals surface area contributed by atoms with Crippen molar-refractivity contribution in [2.75, 3.05) is 26.4 Å². The molecule has 4 nitrogen and oxygen atoms in total. The summed E-state index contributed by atoms with van der Waals surface area (Å²) in [6.07, 6.45) is 2.61. The van der Waals surface area contributed by atoms with Crippen LogP contribution < -0.4 is 5.73 Å². The minimum absolute atomic E-state index is 0.243. The van der Waals surface area contributed by atoms with Gasteiger partial charge in [-0.3, -0.25) is 5.41 Å². The normalized spacial score (nSPS) is 22.0. The van der Waals surface area contributed by atoms with Gasteiger partial charge in [-0.2, -0.15) is 0 Å². The molecule has 0 bridgehead atoms. The summed E-state index contributed by atoms with van der Waals surface area (Å²) in [4.78, 5) is 0. The first-order chi connectivity index (χ1) is 6.29. The Balaban J connectivity index is 1.86. The zero-order chi connectivity index (χ0) is 9.52. The monoisotopic (exact) mass is 186 g/mol. The number of hydrogen-bond donors (Lipinski definition) is 2. The molecule has 0 aromatic rings. The maximum absolute atomic E-state index is 7.00. The molecule has 0 aromatic carbocycles. The third-order valence-electron chi connectivity index (χ3n) is 2.11. The molecule has 1 aliphatic rings. The van der Waals surface area contributed by atoms with Gasteiger partial charge in [0.2, 0.25) is 0 Å². The van der Waals surface area contributed by atoms with Crippen molar-refractivity contribution in [1.82, 2.24) is 0 Å². The first-order valence-electron chi connectivity index (χ1n) is 4.77. The molecule has 0 aromatic heterocycles. The fourth-order valence-corrected chi connectivity index (χ4v) is 1.33. The van der Waals surface area contributed by atoms with Gasteiger partial charge < -0.3 is 15.2 Å². The van der Waals surface area contributed by atoms with Gasteiger partial charge in [-0.1, -0.05) is 0 Å². The summed E-state index contributed by atoms with van der Waals surface area (Å²) in [6.45, 7) is 3.21.